The molecule has 1 aliphatic heterocycles. The van der Waals surface area contributed by atoms with E-state index in [1.54, 1.807) is 31.0 Å². The van der Waals surface area contributed by atoms with Crippen molar-refractivity contribution in [2.24, 2.45) is 5.92 Å². The van der Waals surface area contributed by atoms with E-state index in [0.717, 1.165) is 41.2 Å². The quantitative estimate of drug-likeness (QED) is 0.398. The number of carbonyl (C=O) groups excluding carboxylic acids is 1. The predicted molar refractivity (Wildman–Crippen MR) is 136 cm³/mol. The fraction of sp³-hybridized carbons (Fsp3) is 0.407. The average molecular weight is 530 g/mol. The number of anilines is 2. The molecule has 0 fully saturated rings. The number of carbonyl (C=O) groups is 1. The smallest absolute Gasteiger partial charge is 0.361 e. The van der Waals surface area contributed by atoms with Crippen LogP contribution in [-0.4, -0.2) is 27.4 Å². The van der Waals surface area contributed by atoms with E-state index in [1.807, 2.05) is 12.1 Å². The maximum Gasteiger partial charge on any atom is 0.416 e. The molecule has 0 saturated carbocycles. The van der Waals surface area contributed by atoms with Crippen LogP contribution in [0.15, 0.2) is 42.6 Å². The van der Waals surface area contributed by atoms with Crippen LogP contribution in [0.25, 0.3) is 0 Å². The number of nitrogens with one attached hydrogen (secondary N) is 1. The summed E-state index contributed by atoms with van der Waals surface area (Å²) in [5.41, 5.74) is 1.73. The van der Waals surface area contributed by atoms with Gasteiger partial charge in [-0.25, -0.2) is 15.0 Å². The second-order valence-electron chi connectivity index (χ2n) is 10.2. The number of nitrogens with zero attached hydrogens (tertiary/aromatic N) is 4. The lowest BCUT2D eigenvalue weighted by molar-refractivity contribution is -0.137. The number of aromatic nitrogens is 3. The molecule has 6 nitrogen and oxygen atoms in total. The zero-order valence-corrected chi connectivity index (χ0v) is 21.3. The van der Waals surface area contributed by atoms with Crippen molar-refractivity contribution >= 4 is 29.1 Å². The van der Waals surface area contributed by atoms with Gasteiger partial charge in [0.15, 0.2) is 0 Å². The summed E-state index contributed by atoms with van der Waals surface area (Å²) in [5, 5.41) is 3.39. The standard InChI is InChI=1S/C27H27ClF3N5O/c1-26(2,18-6-3-7-19(15-18)27(29,30)31)35-23-20-13-16(14-21(20)33-25(28)34-23)8-9-22(37)36-12-10-17-5-4-11-32-24(17)36/h3-7,11,15-16H,8-10,12-14H2,1-2H3,(H,33,34,35). The molecule has 3 aromatic rings. The summed E-state index contributed by atoms with van der Waals surface area (Å²) < 4.78 is 39.8. The number of benzene rings is 1. The highest BCUT2D eigenvalue weighted by Gasteiger charge is 2.34. The van der Waals surface area contributed by atoms with Crippen LogP contribution < -0.4 is 10.2 Å². The van der Waals surface area contributed by atoms with Crippen LogP contribution >= 0.6 is 11.6 Å². The molecule has 0 spiro atoms. The first-order valence-electron chi connectivity index (χ1n) is 12.3. The fourth-order valence-electron chi connectivity index (χ4n) is 5.19. The number of hydrogen-bond acceptors (Lipinski definition) is 5. The Morgan fingerprint density at radius 2 is 1.92 bits per heavy atom. The first-order chi connectivity index (χ1) is 17.5. The van der Waals surface area contributed by atoms with Crippen LogP contribution in [0.2, 0.25) is 5.28 Å². The second kappa shape index (κ2) is 9.59. The lowest BCUT2D eigenvalue weighted by atomic mass is 9.92. The zero-order valence-electron chi connectivity index (χ0n) is 20.6. The van der Waals surface area contributed by atoms with Crippen LogP contribution in [0.3, 0.4) is 0 Å². The highest BCUT2D eigenvalue weighted by atomic mass is 35.5. The van der Waals surface area contributed by atoms with Crippen molar-refractivity contribution in [3.05, 3.63) is 75.8 Å². The lowest BCUT2D eigenvalue weighted by Gasteiger charge is -2.29. The van der Waals surface area contributed by atoms with E-state index in [1.165, 1.54) is 6.07 Å². The van der Waals surface area contributed by atoms with Gasteiger partial charge in [0.05, 0.1) is 16.8 Å². The molecule has 5 rings (SSSR count). The monoisotopic (exact) mass is 529 g/mol. The summed E-state index contributed by atoms with van der Waals surface area (Å²) in [6, 6.07) is 9.15. The van der Waals surface area contributed by atoms with Gasteiger partial charge < -0.3 is 5.32 Å². The van der Waals surface area contributed by atoms with E-state index in [4.69, 9.17) is 11.6 Å². The number of fused-ring (bicyclic) bond motifs is 2. The molecule has 2 aromatic heterocycles. The normalized spacial score (nSPS) is 17.0. The van der Waals surface area contributed by atoms with Crippen molar-refractivity contribution in [1.82, 2.24) is 15.0 Å². The molecular weight excluding hydrogens is 503 g/mol. The fourth-order valence-corrected chi connectivity index (χ4v) is 5.38. The van der Waals surface area contributed by atoms with Crippen molar-refractivity contribution in [3.63, 3.8) is 0 Å². The second-order valence-corrected chi connectivity index (χ2v) is 10.5. The number of alkyl halides is 3. The molecule has 1 unspecified atom stereocenters. The van der Waals surface area contributed by atoms with E-state index in [-0.39, 0.29) is 17.1 Å². The van der Waals surface area contributed by atoms with Crippen LogP contribution in [-0.2, 0) is 35.8 Å². The van der Waals surface area contributed by atoms with Crippen molar-refractivity contribution < 1.29 is 18.0 Å². The van der Waals surface area contributed by atoms with E-state index in [9.17, 15) is 18.0 Å². The van der Waals surface area contributed by atoms with Crippen molar-refractivity contribution in [2.45, 2.75) is 57.7 Å². The Morgan fingerprint density at radius 3 is 2.70 bits per heavy atom. The molecular formula is C27H27ClF3N5O. The number of rotatable bonds is 6. The van der Waals surface area contributed by atoms with Gasteiger partial charge in [0.1, 0.15) is 11.6 Å². The van der Waals surface area contributed by atoms with Gasteiger partial charge in [0.25, 0.3) is 0 Å². The van der Waals surface area contributed by atoms with E-state index < -0.39 is 17.3 Å². The van der Waals surface area contributed by atoms with Gasteiger partial charge in [0, 0.05) is 24.7 Å². The number of hydrogen-bond donors (Lipinski definition) is 1. The van der Waals surface area contributed by atoms with Gasteiger partial charge in [-0.15, -0.1) is 0 Å². The summed E-state index contributed by atoms with van der Waals surface area (Å²) in [5.74, 6) is 1.52. The SMILES string of the molecule is CC(C)(Nc1nc(Cl)nc2c1CC(CCC(=O)N1CCc3cccnc31)C2)c1cccc(C(F)(F)F)c1. The molecule has 3 heterocycles. The average Bonchev–Trinajstić information content (AvgIpc) is 3.46. The zero-order chi connectivity index (χ0) is 26.4. The molecule has 1 atom stereocenters. The minimum atomic E-state index is -4.43. The topological polar surface area (TPSA) is 71.0 Å². The summed E-state index contributed by atoms with van der Waals surface area (Å²) in [7, 11) is 0. The van der Waals surface area contributed by atoms with Gasteiger partial charge in [-0.2, -0.15) is 13.2 Å². The largest absolute Gasteiger partial charge is 0.416 e. The van der Waals surface area contributed by atoms with Gasteiger partial charge in [-0.05, 0) is 86.4 Å². The van der Waals surface area contributed by atoms with Crippen LogP contribution in [0.5, 0.6) is 0 Å². The summed E-state index contributed by atoms with van der Waals surface area (Å²) in [6.07, 6.45) is 0.498. The molecule has 0 bridgehead atoms. The molecule has 194 valence electrons. The van der Waals surface area contributed by atoms with Crippen molar-refractivity contribution in [3.8, 4) is 0 Å². The summed E-state index contributed by atoms with van der Waals surface area (Å²) in [6.45, 7) is 4.26. The third-order valence-corrected chi connectivity index (χ3v) is 7.35. The van der Waals surface area contributed by atoms with Gasteiger partial charge in [-0.1, -0.05) is 18.2 Å². The minimum absolute atomic E-state index is 0.0570. The Balaban J connectivity index is 1.28. The summed E-state index contributed by atoms with van der Waals surface area (Å²) in [4.78, 5) is 27.9. The number of amides is 1. The molecule has 2 aliphatic rings. The van der Waals surface area contributed by atoms with E-state index in [0.29, 0.717) is 43.6 Å². The van der Waals surface area contributed by atoms with Gasteiger partial charge in [0.2, 0.25) is 11.2 Å². The highest BCUT2D eigenvalue weighted by molar-refractivity contribution is 6.28. The first-order valence-corrected chi connectivity index (χ1v) is 12.6. The lowest BCUT2D eigenvalue weighted by Crippen LogP contribution is -2.30. The predicted octanol–water partition coefficient (Wildman–Crippen LogP) is 5.98. The number of pyridine rings is 1. The molecule has 1 aromatic carbocycles. The van der Waals surface area contributed by atoms with Crippen molar-refractivity contribution in [1.29, 1.82) is 0 Å². The Labute approximate surface area is 218 Å². The van der Waals surface area contributed by atoms with Gasteiger partial charge in [-0.3, -0.25) is 9.69 Å². The van der Waals surface area contributed by atoms with Gasteiger partial charge >= 0.3 is 6.18 Å². The van der Waals surface area contributed by atoms with Crippen molar-refractivity contribution in [2.75, 3.05) is 16.8 Å². The molecule has 37 heavy (non-hydrogen) atoms. The summed E-state index contributed by atoms with van der Waals surface area (Å²) >= 11 is 6.22. The maximum absolute atomic E-state index is 13.3. The minimum Gasteiger partial charge on any atom is -0.361 e. The first kappa shape index (κ1) is 25.4. The third-order valence-electron chi connectivity index (χ3n) is 7.18. The number of halogens is 4. The van der Waals surface area contributed by atoms with E-state index in [2.05, 4.69) is 20.3 Å². The molecule has 0 radical (unpaired) electrons. The Morgan fingerprint density at radius 1 is 1.14 bits per heavy atom. The molecule has 1 N–H and O–H groups in total. The molecule has 0 saturated heterocycles. The van der Waals surface area contributed by atoms with Crippen LogP contribution in [0.1, 0.15) is 54.6 Å². The maximum atomic E-state index is 13.3. The van der Waals surface area contributed by atoms with Crippen LogP contribution in [0.4, 0.5) is 24.8 Å². The Hall–Kier alpha value is -3.20. The molecule has 1 amide bonds. The molecule has 1 aliphatic carbocycles. The van der Waals surface area contributed by atoms with E-state index >= 15 is 0 Å². The third kappa shape index (κ3) is 5.28. The Bertz CT molecular complexity index is 1340. The molecule has 10 heteroatoms. The van der Waals surface area contributed by atoms with Crippen LogP contribution in [0, 0.1) is 5.92 Å². The Kier molecular flexibility index (Phi) is 6.60. The highest BCUT2D eigenvalue weighted by Crippen LogP contribution is 2.38.